The Morgan fingerprint density at radius 3 is 2.90 bits per heavy atom. The summed E-state index contributed by atoms with van der Waals surface area (Å²) in [4.78, 5) is 13.5. The highest BCUT2D eigenvalue weighted by Crippen LogP contribution is 2.12. The first-order valence-electron chi connectivity index (χ1n) is 6.40. The average Bonchev–Trinajstić information content (AvgIpc) is 2.46. The number of amides is 1. The first kappa shape index (κ1) is 15.9. The summed E-state index contributed by atoms with van der Waals surface area (Å²) in [5, 5.41) is 11.6. The molecule has 5 heteroatoms. The molecule has 20 heavy (non-hydrogen) atoms. The number of nitrogens with zero attached hydrogens (tertiary/aromatic N) is 2. The number of hydrogen-bond acceptors (Lipinski definition) is 3. The topological polar surface area (TPSA) is 56.1 Å². The molecule has 0 aliphatic heterocycles. The van der Waals surface area contributed by atoms with E-state index in [9.17, 15) is 9.18 Å². The summed E-state index contributed by atoms with van der Waals surface area (Å²) in [5.41, 5.74) is 0.677. The quantitative estimate of drug-likeness (QED) is 0.610. The van der Waals surface area contributed by atoms with Crippen molar-refractivity contribution in [2.75, 3.05) is 19.6 Å². The smallest absolute Gasteiger partial charge is 0.236 e. The van der Waals surface area contributed by atoms with E-state index in [-0.39, 0.29) is 24.6 Å². The maximum atomic E-state index is 13.8. The van der Waals surface area contributed by atoms with E-state index in [1.165, 1.54) is 6.07 Å². The number of hydrogen-bond donors (Lipinski definition) is 1. The molecule has 4 nitrogen and oxygen atoms in total. The van der Waals surface area contributed by atoms with Crippen LogP contribution in [0.4, 0.5) is 4.39 Å². The van der Waals surface area contributed by atoms with Crippen LogP contribution in [0.15, 0.2) is 30.9 Å². The van der Waals surface area contributed by atoms with Crippen molar-refractivity contribution in [1.82, 2.24) is 10.2 Å². The largest absolute Gasteiger partial charge is 0.337 e. The SMILES string of the molecule is C=CCNCC(=O)N(CC)Cc1ccc(C#N)cc1F. The van der Waals surface area contributed by atoms with Crippen LogP contribution in [0, 0.1) is 17.1 Å². The molecule has 106 valence electrons. The second kappa shape index (κ2) is 8.08. The van der Waals surface area contributed by atoms with Crippen LogP contribution in [0.5, 0.6) is 0 Å². The van der Waals surface area contributed by atoms with Gasteiger partial charge in [-0.1, -0.05) is 12.1 Å². The van der Waals surface area contributed by atoms with E-state index in [0.29, 0.717) is 18.7 Å². The first-order chi connectivity index (χ1) is 9.62. The summed E-state index contributed by atoms with van der Waals surface area (Å²) in [7, 11) is 0. The second-order valence-corrected chi connectivity index (χ2v) is 4.25. The van der Waals surface area contributed by atoms with Crippen molar-refractivity contribution in [3.63, 3.8) is 0 Å². The van der Waals surface area contributed by atoms with E-state index < -0.39 is 5.82 Å². The van der Waals surface area contributed by atoms with E-state index in [1.807, 2.05) is 13.0 Å². The third-order valence-electron chi connectivity index (χ3n) is 2.84. The van der Waals surface area contributed by atoms with Crippen molar-refractivity contribution in [2.24, 2.45) is 0 Å². The zero-order valence-electron chi connectivity index (χ0n) is 11.5. The minimum atomic E-state index is -0.464. The molecule has 0 aliphatic carbocycles. The van der Waals surface area contributed by atoms with Gasteiger partial charge in [0.15, 0.2) is 0 Å². The van der Waals surface area contributed by atoms with E-state index in [4.69, 9.17) is 5.26 Å². The van der Waals surface area contributed by atoms with Gasteiger partial charge in [0, 0.05) is 25.2 Å². The van der Waals surface area contributed by atoms with Gasteiger partial charge < -0.3 is 10.2 Å². The van der Waals surface area contributed by atoms with Crippen LogP contribution in [0.3, 0.4) is 0 Å². The molecule has 1 rings (SSSR count). The minimum absolute atomic E-state index is 0.0990. The van der Waals surface area contributed by atoms with Gasteiger partial charge in [-0.3, -0.25) is 4.79 Å². The maximum absolute atomic E-state index is 13.8. The molecule has 0 heterocycles. The predicted octanol–water partition coefficient (Wildman–Crippen LogP) is 1.82. The normalized spacial score (nSPS) is 9.85. The summed E-state index contributed by atoms with van der Waals surface area (Å²) in [6.07, 6.45) is 1.67. The molecule has 1 amide bonds. The third kappa shape index (κ3) is 4.48. The molecular formula is C15H18FN3O. The van der Waals surface area contributed by atoms with Crippen LogP contribution in [-0.2, 0) is 11.3 Å². The van der Waals surface area contributed by atoms with Gasteiger partial charge in [-0.05, 0) is 19.1 Å². The van der Waals surface area contributed by atoms with Gasteiger partial charge in [-0.25, -0.2) is 4.39 Å². The molecule has 1 aromatic rings. The van der Waals surface area contributed by atoms with Crippen molar-refractivity contribution in [1.29, 1.82) is 5.26 Å². The zero-order chi connectivity index (χ0) is 15.0. The molecule has 0 saturated carbocycles. The van der Waals surface area contributed by atoms with Crippen molar-refractivity contribution in [3.05, 3.63) is 47.8 Å². The number of nitrogens with one attached hydrogen (secondary N) is 1. The first-order valence-corrected chi connectivity index (χ1v) is 6.40. The Hall–Kier alpha value is -2.19. The molecule has 0 unspecified atom stereocenters. The number of nitriles is 1. The highest BCUT2D eigenvalue weighted by Gasteiger charge is 2.14. The zero-order valence-corrected chi connectivity index (χ0v) is 11.5. The molecule has 0 aromatic heterocycles. The Labute approximate surface area is 118 Å². The summed E-state index contributed by atoms with van der Waals surface area (Å²) in [6.45, 7) is 6.83. The van der Waals surface area contributed by atoms with E-state index in [1.54, 1.807) is 23.1 Å². The lowest BCUT2D eigenvalue weighted by molar-refractivity contribution is -0.130. The van der Waals surface area contributed by atoms with Crippen LogP contribution in [-0.4, -0.2) is 30.4 Å². The van der Waals surface area contributed by atoms with Gasteiger partial charge in [0.25, 0.3) is 0 Å². The van der Waals surface area contributed by atoms with Crippen LogP contribution in [0.2, 0.25) is 0 Å². The molecule has 0 bridgehead atoms. The molecule has 0 atom stereocenters. The minimum Gasteiger partial charge on any atom is -0.337 e. The van der Waals surface area contributed by atoms with Crippen molar-refractivity contribution in [2.45, 2.75) is 13.5 Å². The maximum Gasteiger partial charge on any atom is 0.236 e. The molecule has 0 radical (unpaired) electrons. The third-order valence-corrected chi connectivity index (χ3v) is 2.84. The molecule has 1 N–H and O–H groups in total. The number of likely N-dealkylation sites (N-methyl/N-ethyl adjacent to an activating group) is 1. The highest BCUT2D eigenvalue weighted by atomic mass is 19.1. The Balaban J connectivity index is 2.71. The summed E-state index contributed by atoms with van der Waals surface area (Å²) >= 11 is 0. The summed E-state index contributed by atoms with van der Waals surface area (Å²) < 4.78 is 13.8. The molecular weight excluding hydrogens is 257 g/mol. The Kier molecular flexibility index (Phi) is 6.41. The van der Waals surface area contributed by atoms with E-state index >= 15 is 0 Å². The highest BCUT2D eigenvalue weighted by molar-refractivity contribution is 5.78. The molecule has 0 saturated heterocycles. The lowest BCUT2D eigenvalue weighted by atomic mass is 10.1. The number of benzene rings is 1. The fourth-order valence-corrected chi connectivity index (χ4v) is 1.72. The van der Waals surface area contributed by atoms with E-state index in [0.717, 1.165) is 0 Å². The van der Waals surface area contributed by atoms with Gasteiger partial charge in [0.2, 0.25) is 5.91 Å². The monoisotopic (exact) mass is 275 g/mol. The molecule has 0 spiro atoms. The predicted molar refractivity (Wildman–Crippen MR) is 75.3 cm³/mol. The van der Waals surface area contributed by atoms with E-state index in [2.05, 4.69) is 11.9 Å². The summed E-state index contributed by atoms with van der Waals surface area (Å²) in [5.74, 6) is -0.563. The van der Waals surface area contributed by atoms with Crippen LogP contribution >= 0.6 is 0 Å². The lowest BCUT2D eigenvalue weighted by Crippen LogP contribution is -2.37. The van der Waals surface area contributed by atoms with Gasteiger partial charge in [-0.2, -0.15) is 5.26 Å². The fraction of sp³-hybridized carbons (Fsp3) is 0.333. The molecule has 0 aliphatic rings. The van der Waals surface area contributed by atoms with Gasteiger partial charge >= 0.3 is 0 Å². The van der Waals surface area contributed by atoms with Gasteiger partial charge in [0.1, 0.15) is 5.82 Å². The summed E-state index contributed by atoms with van der Waals surface area (Å²) in [6, 6.07) is 6.15. The van der Waals surface area contributed by atoms with Crippen LogP contribution in [0.25, 0.3) is 0 Å². The Morgan fingerprint density at radius 1 is 1.60 bits per heavy atom. The average molecular weight is 275 g/mol. The Bertz CT molecular complexity index is 522. The standard InChI is InChI=1S/C15H18FN3O/c1-3-7-18-10-15(20)19(4-2)11-13-6-5-12(9-17)8-14(13)16/h3,5-6,8,18H,1,4,7,10-11H2,2H3. The van der Waals surface area contributed by atoms with Crippen LogP contribution in [0.1, 0.15) is 18.1 Å². The Morgan fingerprint density at radius 2 is 2.35 bits per heavy atom. The van der Waals surface area contributed by atoms with Gasteiger partial charge in [0.05, 0.1) is 18.2 Å². The number of carbonyl (C=O) groups excluding carboxylic acids is 1. The number of rotatable bonds is 7. The molecule has 1 aromatic carbocycles. The van der Waals surface area contributed by atoms with Crippen molar-refractivity contribution >= 4 is 5.91 Å². The lowest BCUT2D eigenvalue weighted by Gasteiger charge is -2.21. The van der Waals surface area contributed by atoms with Crippen LogP contribution < -0.4 is 5.32 Å². The second-order valence-electron chi connectivity index (χ2n) is 4.25. The number of carbonyl (C=O) groups is 1. The van der Waals surface area contributed by atoms with Crippen molar-refractivity contribution in [3.8, 4) is 6.07 Å². The molecule has 0 fully saturated rings. The van der Waals surface area contributed by atoms with Gasteiger partial charge in [-0.15, -0.1) is 6.58 Å². The number of halogens is 1. The fourth-order valence-electron chi connectivity index (χ4n) is 1.72. The van der Waals surface area contributed by atoms with Crippen molar-refractivity contribution < 1.29 is 9.18 Å².